The maximum atomic E-state index is 11.7. The number of carboxylic acids is 1. The number of carboxylic acid groups (broad SMARTS) is 1. The highest BCUT2D eigenvalue weighted by Crippen LogP contribution is 2.38. The fraction of sp³-hybridized carbons (Fsp3) is 0.562. The molecule has 108 valence electrons. The Morgan fingerprint density at radius 1 is 1.50 bits per heavy atom. The van der Waals surface area contributed by atoms with E-state index in [9.17, 15) is 9.90 Å². The van der Waals surface area contributed by atoms with Gasteiger partial charge in [-0.1, -0.05) is 25.1 Å². The Hall–Kier alpha value is -1.55. The molecule has 0 bridgehead atoms. The van der Waals surface area contributed by atoms with E-state index >= 15 is 0 Å². The molecule has 2 aliphatic rings. The van der Waals surface area contributed by atoms with Crippen molar-refractivity contribution in [2.24, 2.45) is 0 Å². The first kappa shape index (κ1) is 13.4. The SMILES string of the molecule is CCC1(C(=O)O)CCCN1CC1COc2ccccc21. The maximum absolute atomic E-state index is 11.7. The standard InChI is InChI=1S/C16H21NO3/c1-2-16(15(18)19)8-5-9-17(16)10-12-11-20-14-7-4-3-6-13(12)14/h3-4,6-7,12H,2,5,8-11H2,1H3,(H,18,19). The number of fused-ring (bicyclic) bond motifs is 1. The van der Waals surface area contributed by atoms with Gasteiger partial charge in [0, 0.05) is 18.0 Å². The molecule has 0 amide bonds. The fourth-order valence-corrected chi connectivity index (χ4v) is 3.64. The lowest BCUT2D eigenvalue weighted by Gasteiger charge is -2.35. The topological polar surface area (TPSA) is 49.8 Å². The third kappa shape index (κ3) is 1.99. The predicted molar refractivity (Wildman–Crippen MR) is 76.1 cm³/mol. The Labute approximate surface area is 119 Å². The highest BCUT2D eigenvalue weighted by atomic mass is 16.5. The molecule has 3 rings (SSSR count). The molecule has 2 unspecified atom stereocenters. The summed E-state index contributed by atoms with van der Waals surface area (Å²) in [6, 6.07) is 8.08. The van der Waals surface area contributed by atoms with Crippen LogP contribution in [-0.2, 0) is 4.79 Å². The van der Waals surface area contributed by atoms with Gasteiger partial charge in [-0.25, -0.2) is 0 Å². The Morgan fingerprint density at radius 2 is 2.30 bits per heavy atom. The molecule has 0 aromatic heterocycles. The number of hydrogen-bond acceptors (Lipinski definition) is 3. The first-order chi connectivity index (χ1) is 9.67. The van der Waals surface area contributed by atoms with Gasteiger partial charge in [-0.2, -0.15) is 0 Å². The zero-order valence-corrected chi connectivity index (χ0v) is 11.8. The van der Waals surface area contributed by atoms with Crippen LogP contribution in [0.1, 0.15) is 37.7 Å². The molecular weight excluding hydrogens is 254 g/mol. The second kappa shape index (κ2) is 5.09. The summed E-state index contributed by atoms with van der Waals surface area (Å²) < 4.78 is 5.71. The lowest BCUT2D eigenvalue weighted by Crippen LogP contribution is -2.51. The average Bonchev–Trinajstić information content (AvgIpc) is 3.05. The van der Waals surface area contributed by atoms with Gasteiger partial charge in [-0.15, -0.1) is 0 Å². The maximum Gasteiger partial charge on any atom is 0.324 e. The number of nitrogens with zero attached hydrogens (tertiary/aromatic N) is 1. The molecule has 1 aromatic carbocycles. The second-order valence-corrected chi connectivity index (χ2v) is 5.79. The van der Waals surface area contributed by atoms with Crippen LogP contribution in [0.25, 0.3) is 0 Å². The first-order valence-electron chi connectivity index (χ1n) is 7.37. The molecular formula is C16H21NO3. The minimum Gasteiger partial charge on any atom is -0.493 e. The van der Waals surface area contributed by atoms with E-state index in [0.29, 0.717) is 13.0 Å². The van der Waals surface area contributed by atoms with Crippen LogP contribution in [0.5, 0.6) is 5.75 Å². The number of ether oxygens (including phenoxy) is 1. The Bertz CT molecular complexity index is 516. The van der Waals surface area contributed by atoms with Crippen LogP contribution in [0.3, 0.4) is 0 Å². The second-order valence-electron chi connectivity index (χ2n) is 5.79. The van der Waals surface area contributed by atoms with Crippen molar-refractivity contribution in [3.05, 3.63) is 29.8 Å². The van der Waals surface area contributed by atoms with Crippen LogP contribution < -0.4 is 4.74 Å². The third-order valence-electron chi connectivity index (χ3n) is 4.85. The van der Waals surface area contributed by atoms with E-state index in [-0.39, 0.29) is 5.92 Å². The smallest absolute Gasteiger partial charge is 0.324 e. The Kier molecular flexibility index (Phi) is 3.42. The molecule has 1 aromatic rings. The van der Waals surface area contributed by atoms with Gasteiger partial charge in [-0.05, 0) is 31.9 Å². The number of aliphatic carboxylic acids is 1. The zero-order chi connectivity index (χ0) is 14.2. The van der Waals surface area contributed by atoms with E-state index in [1.807, 2.05) is 25.1 Å². The van der Waals surface area contributed by atoms with E-state index in [0.717, 1.165) is 31.7 Å². The highest BCUT2D eigenvalue weighted by molar-refractivity contribution is 5.79. The monoisotopic (exact) mass is 275 g/mol. The van der Waals surface area contributed by atoms with Gasteiger partial charge in [-0.3, -0.25) is 9.69 Å². The van der Waals surface area contributed by atoms with Crippen molar-refractivity contribution in [3.8, 4) is 5.75 Å². The number of likely N-dealkylation sites (tertiary alicyclic amines) is 1. The number of hydrogen-bond donors (Lipinski definition) is 1. The molecule has 2 atom stereocenters. The quantitative estimate of drug-likeness (QED) is 0.917. The van der Waals surface area contributed by atoms with Crippen molar-refractivity contribution < 1.29 is 14.6 Å². The molecule has 0 aliphatic carbocycles. The lowest BCUT2D eigenvalue weighted by atomic mass is 9.91. The van der Waals surface area contributed by atoms with Gasteiger partial charge >= 0.3 is 5.97 Å². The van der Waals surface area contributed by atoms with Gasteiger partial charge in [0.25, 0.3) is 0 Å². The fourth-order valence-electron chi connectivity index (χ4n) is 3.64. The zero-order valence-electron chi connectivity index (χ0n) is 11.8. The molecule has 20 heavy (non-hydrogen) atoms. The molecule has 1 saturated heterocycles. The van der Waals surface area contributed by atoms with Gasteiger partial charge in [0.15, 0.2) is 0 Å². The number of para-hydroxylation sites is 1. The van der Waals surface area contributed by atoms with E-state index in [1.165, 1.54) is 5.56 Å². The average molecular weight is 275 g/mol. The van der Waals surface area contributed by atoms with E-state index < -0.39 is 11.5 Å². The summed E-state index contributed by atoms with van der Waals surface area (Å²) in [7, 11) is 0. The lowest BCUT2D eigenvalue weighted by molar-refractivity contribution is -0.150. The minimum atomic E-state index is -0.676. The Morgan fingerprint density at radius 3 is 3.05 bits per heavy atom. The largest absolute Gasteiger partial charge is 0.493 e. The summed E-state index contributed by atoms with van der Waals surface area (Å²) in [5.41, 5.74) is 0.548. The van der Waals surface area contributed by atoms with Crippen molar-refractivity contribution in [1.82, 2.24) is 4.90 Å². The van der Waals surface area contributed by atoms with Gasteiger partial charge in [0.2, 0.25) is 0 Å². The van der Waals surface area contributed by atoms with Crippen LogP contribution in [0.15, 0.2) is 24.3 Å². The summed E-state index contributed by atoms with van der Waals surface area (Å²) in [6.45, 7) is 4.29. The van der Waals surface area contributed by atoms with Gasteiger partial charge in [0.05, 0.1) is 6.61 Å². The first-order valence-corrected chi connectivity index (χ1v) is 7.37. The predicted octanol–water partition coefficient (Wildman–Crippen LogP) is 2.49. The van der Waals surface area contributed by atoms with Crippen LogP contribution in [-0.4, -0.2) is 41.2 Å². The van der Waals surface area contributed by atoms with Crippen LogP contribution >= 0.6 is 0 Å². The minimum absolute atomic E-state index is 0.287. The summed E-state index contributed by atoms with van der Waals surface area (Å²) >= 11 is 0. The Balaban J connectivity index is 1.80. The van der Waals surface area contributed by atoms with Crippen molar-refractivity contribution in [3.63, 3.8) is 0 Å². The number of rotatable bonds is 4. The van der Waals surface area contributed by atoms with E-state index in [2.05, 4.69) is 11.0 Å². The van der Waals surface area contributed by atoms with E-state index in [1.54, 1.807) is 0 Å². The van der Waals surface area contributed by atoms with Crippen LogP contribution in [0, 0.1) is 0 Å². The third-order valence-corrected chi connectivity index (χ3v) is 4.85. The number of carbonyl (C=O) groups is 1. The number of benzene rings is 1. The van der Waals surface area contributed by atoms with Crippen molar-refractivity contribution in [1.29, 1.82) is 0 Å². The molecule has 0 saturated carbocycles. The van der Waals surface area contributed by atoms with Crippen molar-refractivity contribution >= 4 is 5.97 Å². The molecule has 0 radical (unpaired) electrons. The van der Waals surface area contributed by atoms with Crippen molar-refractivity contribution in [2.75, 3.05) is 19.7 Å². The van der Waals surface area contributed by atoms with Gasteiger partial charge in [0.1, 0.15) is 11.3 Å². The molecule has 4 heteroatoms. The highest BCUT2D eigenvalue weighted by Gasteiger charge is 2.47. The van der Waals surface area contributed by atoms with Gasteiger partial charge < -0.3 is 9.84 Å². The van der Waals surface area contributed by atoms with Crippen molar-refractivity contribution in [2.45, 2.75) is 37.6 Å². The molecule has 4 nitrogen and oxygen atoms in total. The molecule has 2 heterocycles. The van der Waals surface area contributed by atoms with Crippen LogP contribution in [0.4, 0.5) is 0 Å². The summed E-state index contributed by atoms with van der Waals surface area (Å²) in [5.74, 6) is 0.563. The molecule has 2 aliphatic heterocycles. The van der Waals surface area contributed by atoms with Crippen LogP contribution in [0.2, 0.25) is 0 Å². The summed E-state index contributed by atoms with van der Waals surface area (Å²) in [5, 5.41) is 9.63. The molecule has 0 spiro atoms. The summed E-state index contributed by atoms with van der Waals surface area (Å²) in [4.78, 5) is 13.9. The normalized spacial score (nSPS) is 29.1. The van der Waals surface area contributed by atoms with E-state index in [4.69, 9.17) is 4.74 Å². The summed E-state index contributed by atoms with van der Waals surface area (Å²) in [6.07, 6.45) is 2.39. The molecule has 1 N–H and O–H groups in total. The molecule has 1 fully saturated rings.